The fourth-order valence-corrected chi connectivity index (χ4v) is 1.08. The van der Waals surface area contributed by atoms with E-state index < -0.39 is 18.5 Å². The first-order chi connectivity index (χ1) is 8.09. The van der Waals surface area contributed by atoms with E-state index in [1.165, 1.54) is 0 Å². The molecule has 0 aliphatic carbocycles. The van der Waals surface area contributed by atoms with E-state index in [1.54, 1.807) is 24.3 Å². The Bertz CT molecular complexity index is 401. The third-order valence-corrected chi connectivity index (χ3v) is 1.77. The van der Waals surface area contributed by atoms with Gasteiger partial charge in [-0.15, -0.1) is 0 Å². The van der Waals surface area contributed by atoms with E-state index in [4.69, 9.17) is 19.7 Å². The number of carbonyl (C=O) groups is 2. The van der Waals surface area contributed by atoms with Gasteiger partial charge in [-0.3, -0.25) is 4.79 Å². The van der Waals surface area contributed by atoms with Crippen LogP contribution < -0.4 is 9.47 Å². The van der Waals surface area contributed by atoms with E-state index in [0.717, 1.165) is 0 Å². The van der Waals surface area contributed by atoms with Crippen molar-refractivity contribution in [2.45, 2.75) is 6.42 Å². The van der Waals surface area contributed by atoms with Crippen molar-refractivity contribution in [1.82, 2.24) is 0 Å². The van der Waals surface area contributed by atoms with E-state index >= 15 is 0 Å². The maximum absolute atomic E-state index is 10.3. The van der Waals surface area contributed by atoms with Gasteiger partial charge in [0.15, 0.2) is 18.1 Å². The van der Waals surface area contributed by atoms with Crippen LogP contribution in [0.2, 0.25) is 0 Å². The van der Waals surface area contributed by atoms with Gasteiger partial charge >= 0.3 is 11.9 Å². The number of carboxylic acid groups (broad SMARTS) is 2. The molecule has 0 radical (unpaired) electrons. The third kappa shape index (κ3) is 4.87. The molecule has 2 N–H and O–H groups in total. The molecule has 92 valence electrons. The van der Waals surface area contributed by atoms with Crippen LogP contribution in [0.25, 0.3) is 0 Å². The minimum absolute atomic E-state index is 0.00276. The fraction of sp³-hybridized carbons (Fsp3) is 0.273. The summed E-state index contributed by atoms with van der Waals surface area (Å²) in [6, 6.07) is 6.49. The number of rotatable bonds is 7. The predicted octanol–water partition coefficient (Wildman–Crippen LogP) is 1.00. The van der Waals surface area contributed by atoms with Gasteiger partial charge in [0.2, 0.25) is 0 Å². The SMILES string of the molecule is O=C(O)CCOc1ccccc1OCC(=O)O. The van der Waals surface area contributed by atoms with Crippen LogP contribution in [0.5, 0.6) is 11.5 Å². The highest BCUT2D eigenvalue weighted by Crippen LogP contribution is 2.26. The Morgan fingerprint density at radius 3 is 2.12 bits per heavy atom. The molecule has 0 heterocycles. The fourth-order valence-electron chi connectivity index (χ4n) is 1.08. The summed E-state index contributed by atoms with van der Waals surface area (Å²) >= 11 is 0. The summed E-state index contributed by atoms with van der Waals surface area (Å²) in [4.78, 5) is 20.6. The molecule has 0 spiro atoms. The maximum Gasteiger partial charge on any atom is 0.341 e. The van der Waals surface area contributed by atoms with Crippen LogP contribution in [0.3, 0.4) is 0 Å². The minimum Gasteiger partial charge on any atom is -0.489 e. The smallest absolute Gasteiger partial charge is 0.341 e. The monoisotopic (exact) mass is 240 g/mol. The molecule has 0 atom stereocenters. The Morgan fingerprint density at radius 2 is 1.59 bits per heavy atom. The highest BCUT2D eigenvalue weighted by Gasteiger charge is 2.07. The molecular formula is C11H12O6. The molecular weight excluding hydrogens is 228 g/mol. The molecule has 0 bridgehead atoms. The first kappa shape index (κ1) is 12.8. The van der Waals surface area contributed by atoms with Crippen molar-refractivity contribution < 1.29 is 29.3 Å². The van der Waals surface area contributed by atoms with E-state index in [0.29, 0.717) is 5.75 Å². The van der Waals surface area contributed by atoms with Crippen molar-refractivity contribution in [3.63, 3.8) is 0 Å². The standard InChI is InChI=1S/C11H12O6/c12-10(13)5-6-16-8-3-1-2-4-9(8)17-7-11(14)15/h1-4H,5-7H2,(H,12,13)(H,14,15). The van der Waals surface area contributed by atoms with Crippen molar-refractivity contribution in [1.29, 1.82) is 0 Å². The van der Waals surface area contributed by atoms with Crippen LogP contribution in [-0.4, -0.2) is 35.4 Å². The molecule has 0 amide bonds. The zero-order chi connectivity index (χ0) is 12.7. The lowest BCUT2D eigenvalue weighted by Gasteiger charge is -2.10. The summed E-state index contributed by atoms with van der Waals surface area (Å²) in [6.07, 6.45) is -0.132. The van der Waals surface area contributed by atoms with Gasteiger partial charge in [-0.2, -0.15) is 0 Å². The van der Waals surface area contributed by atoms with Crippen LogP contribution in [-0.2, 0) is 9.59 Å². The minimum atomic E-state index is -1.09. The van der Waals surface area contributed by atoms with Gasteiger partial charge in [-0.1, -0.05) is 12.1 Å². The van der Waals surface area contributed by atoms with Gasteiger partial charge in [0.25, 0.3) is 0 Å². The van der Waals surface area contributed by atoms with Gasteiger partial charge in [-0.25, -0.2) is 4.79 Å². The normalized spacial score (nSPS) is 9.65. The molecule has 0 aliphatic heterocycles. The second kappa shape index (κ2) is 6.37. The Kier molecular flexibility index (Phi) is 4.80. The van der Waals surface area contributed by atoms with Gasteiger partial charge in [0.05, 0.1) is 13.0 Å². The number of aliphatic carboxylic acids is 2. The van der Waals surface area contributed by atoms with Crippen LogP contribution in [0.4, 0.5) is 0 Å². The Morgan fingerprint density at radius 1 is 1.00 bits per heavy atom. The van der Waals surface area contributed by atoms with Crippen LogP contribution in [0.15, 0.2) is 24.3 Å². The molecule has 0 saturated carbocycles. The quantitative estimate of drug-likeness (QED) is 0.738. The van der Waals surface area contributed by atoms with E-state index in [2.05, 4.69) is 0 Å². The van der Waals surface area contributed by atoms with Crippen molar-refractivity contribution in [2.75, 3.05) is 13.2 Å². The molecule has 6 heteroatoms. The lowest BCUT2D eigenvalue weighted by Crippen LogP contribution is -2.11. The summed E-state index contributed by atoms with van der Waals surface area (Å²) in [7, 11) is 0. The number of para-hydroxylation sites is 2. The van der Waals surface area contributed by atoms with Gasteiger partial charge in [0, 0.05) is 0 Å². The summed E-state index contributed by atoms with van der Waals surface area (Å²) in [5.74, 6) is -1.45. The molecule has 0 aliphatic rings. The Hall–Kier alpha value is -2.24. The molecule has 6 nitrogen and oxygen atoms in total. The third-order valence-electron chi connectivity index (χ3n) is 1.77. The van der Waals surface area contributed by atoms with Crippen molar-refractivity contribution >= 4 is 11.9 Å². The second-order valence-electron chi connectivity index (χ2n) is 3.12. The molecule has 0 saturated heterocycles. The first-order valence-electron chi connectivity index (χ1n) is 4.88. The lowest BCUT2D eigenvalue weighted by atomic mass is 10.3. The molecule has 0 unspecified atom stereocenters. The summed E-state index contributed by atoms with van der Waals surface area (Å²) in [6.45, 7) is -0.470. The second-order valence-corrected chi connectivity index (χ2v) is 3.12. The topological polar surface area (TPSA) is 93.1 Å². The molecule has 1 rings (SSSR count). The zero-order valence-corrected chi connectivity index (χ0v) is 8.96. The van der Waals surface area contributed by atoms with E-state index in [9.17, 15) is 9.59 Å². The predicted molar refractivity (Wildman–Crippen MR) is 57.3 cm³/mol. The van der Waals surface area contributed by atoms with Gasteiger partial charge in [-0.05, 0) is 12.1 Å². The van der Waals surface area contributed by atoms with Crippen molar-refractivity contribution in [3.8, 4) is 11.5 Å². The Balaban J connectivity index is 2.57. The number of ether oxygens (including phenoxy) is 2. The largest absolute Gasteiger partial charge is 0.489 e. The van der Waals surface area contributed by atoms with Crippen LogP contribution in [0, 0.1) is 0 Å². The van der Waals surface area contributed by atoms with Crippen molar-refractivity contribution in [3.05, 3.63) is 24.3 Å². The van der Waals surface area contributed by atoms with E-state index in [1.807, 2.05) is 0 Å². The van der Waals surface area contributed by atoms with Crippen molar-refractivity contribution in [2.24, 2.45) is 0 Å². The Labute approximate surface area is 97.4 Å². The van der Waals surface area contributed by atoms with Gasteiger partial charge in [0.1, 0.15) is 0 Å². The number of hydrogen-bond acceptors (Lipinski definition) is 4. The first-order valence-corrected chi connectivity index (χ1v) is 4.88. The summed E-state index contributed by atoms with van der Waals surface area (Å²) < 4.78 is 10.2. The molecule has 0 aromatic heterocycles. The lowest BCUT2D eigenvalue weighted by molar-refractivity contribution is -0.139. The molecule has 0 fully saturated rings. The maximum atomic E-state index is 10.3. The summed E-state index contributed by atoms with van der Waals surface area (Å²) in [5, 5.41) is 16.9. The summed E-state index contributed by atoms with van der Waals surface area (Å²) in [5.41, 5.74) is 0. The van der Waals surface area contributed by atoms with Crippen LogP contribution >= 0.6 is 0 Å². The highest BCUT2D eigenvalue weighted by molar-refractivity contribution is 5.68. The number of hydrogen-bond donors (Lipinski definition) is 2. The highest BCUT2D eigenvalue weighted by atomic mass is 16.5. The zero-order valence-electron chi connectivity index (χ0n) is 8.96. The van der Waals surface area contributed by atoms with E-state index in [-0.39, 0.29) is 18.8 Å². The molecule has 1 aromatic rings. The van der Waals surface area contributed by atoms with Crippen LogP contribution in [0.1, 0.15) is 6.42 Å². The molecule has 17 heavy (non-hydrogen) atoms. The van der Waals surface area contributed by atoms with Gasteiger partial charge < -0.3 is 19.7 Å². The molecule has 1 aromatic carbocycles. The number of carboxylic acids is 2. The average molecular weight is 240 g/mol. The number of benzene rings is 1. The average Bonchev–Trinajstić information content (AvgIpc) is 2.27.